The van der Waals surface area contributed by atoms with Gasteiger partial charge in [-0.25, -0.2) is 21.4 Å². The highest BCUT2D eigenvalue weighted by atomic mass is 16.3. The van der Waals surface area contributed by atoms with E-state index in [2.05, 4.69) is 44.3 Å². The minimum atomic E-state index is -0.100. The zero-order valence-electron chi connectivity index (χ0n) is 17.5. The first-order valence-corrected chi connectivity index (χ1v) is 10.7. The largest absolute Gasteiger partial charge is 0.508 e. The average molecular weight is 414 g/mol. The molecule has 0 saturated carbocycles. The highest BCUT2D eigenvalue weighted by Gasteiger charge is 2.26. The summed E-state index contributed by atoms with van der Waals surface area (Å²) in [6, 6.07) is 17.7. The Kier molecular flexibility index (Phi) is 6.88. The van der Waals surface area contributed by atoms with Gasteiger partial charge < -0.3 is 10.4 Å². The summed E-state index contributed by atoms with van der Waals surface area (Å²) in [7, 11) is 0. The zero-order valence-corrected chi connectivity index (χ0v) is 17.5. The molecule has 0 radical (unpaired) electrons. The molecule has 0 amide bonds. The number of aryl methyl sites for hydroxylation is 2. The molecule has 1 aromatic heterocycles. The van der Waals surface area contributed by atoms with E-state index in [0.29, 0.717) is 5.75 Å². The number of aromatic hydroxyl groups is 1. The van der Waals surface area contributed by atoms with Crippen LogP contribution in [0.25, 0.3) is 16.1 Å². The van der Waals surface area contributed by atoms with Crippen LogP contribution in [0.4, 0.5) is 0 Å². The Labute approximate surface area is 183 Å². The second-order valence-electron chi connectivity index (χ2n) is 7.86. The van der Waals surface area contributed by atoms with E-state index in [1.54, 1.807) is 12.1 Å². The third kappa shape index (κ3) is 5.66. The molecule has 31 heavy (non-hydrogen) atoms. The monoisotopic (exact) mass is 413 g/mol. The Bertz CT molecular complexity index is 1040. The summed E-state index contributed by atoms with van der Waals surface area (Å²) in [4.78, 5) is 15.2. The summed E-state index contributed by atoms with van der Waals surface area (Å²) in [5.41, 5.74) is 4.40. The molecular formula is C25H27N5O. The highest BCUT2D eigenvalue weighted by molar-refractivity contribution is 5.59. The smallest absolute Gasteiger partial charge is 0.292 e. The third-order valence-corrected chi connectivity index (χ3v) is 5.59. The van der Waals surface area contributed by atoms with Crippen LogP contribution in [0.5, 0.6) is 5.75 Å². The van der Waals surface area contributed by atoms with Crippen molar-refractivity contribution in [2.24, 2.45) is 0 Å². The van der Waals surface area contributed by atoms with E-state index in [4.69, 9.17) is 11.6 Å². The number of benzene rings is 2. The molecule has 1 fully saturated rings. The van der Waals surface area contributed by atoms with Crippen molar-refractivity contribution in [3.63, 3.8) is 0 Å². The van der Waals surface area contributed by atoms with E-state index in [1.807, 2.05) is 24.4 Å². The van der Waals surface area contributed by atoms with Crippen molar-refractivity contribution in [1.29, 1.82) is 0 Å². The Morgan fingerprint density at radius 2 is 1.97 bits per heavy atom. The van der Waals surface area contributed by atoms with Crippen LogP contribution in [-0.2, 0) is 19.4 Å². The van der Waals surface area contributed by atoms with Crippen molar-refractivity contribution < 1.29 is 5.11 Å². The van der Waals surface area contributed by atoms with E-state index in [0.717, 1.165) is 62.5 Å². The lowest BCUT2D eigenvalue weighted by atomic mass is 10.1. The maximum atomic E-state index is 9.40. The van der Waals surface area contributed by atoms with Crippen molar-refractivity contribution in [1.82, 2.24) is 20.2 Å². The second kappa shape index (κ2) is 10.2. The summed E-state index contributed by atoms with van der Waals surface area (Å²) >= 11 is 0. The van der Waals surface area contributed by atoms with E-state index in [-0.39, 0.29) is 6.17 Å². The minimum absolute atomic E-state index is 0.100. The van der Waals surface area contributed by atoms with Crippen molar-refractivity contribution in [3.05, 3.63) is 89.2 Å². The Morgan fingerprint density at radius 1 is 1.10 bits per heavy atom. The molecule has 2 aromatic carbocycles. The molecule has 1 unspecified atom stereocenters. The second-order valence-corrected chi connectivity index (χ2v) is 7.86. The summed E-state index contributed by atoms with van der Waals surface area (Å²) in [6.45, 7) is 10.7. The minimum Gasteiger partial charge on any atom is -0.508 e. The van der Waals surface area contributed by atoms with Crippen LogP contribution in [0.15, 0.2) is 60.8 Å². The predicted molar refractivity (Wildman–Crippen MR) is 121 cm³/mol. The summed E-state index contributed by atoms with van der Waals surface area (Å²) in [5, 5.41) is 12.7. The van der Waals surface area contributed by atoms with E-state index in [1.165, 1.54) is 11.1 Å². The van der Waals surface area contributed by atoms with Gasteiger partial charge in [-0.3, -0.25) is 4.85 Å². The molecule has 1 saturated heterocycles. The molecule has 2 heterocycles. The van der Waals surface area contributed by atoms with Crippen LogP contribution >= 0.6 is 0 Å². The Hall–Kier alpha value is -3.27. The van der Waals surface area contributed by atoms with Crippen molar-refractivity contribution in [3.8, 4) is 17.0 Å². The molecule has 3 aromatic rings. The Morgan fingerprint density at radius 3 is 2.81 bits per heavy atom. The first kappa shape index (κ1) is 21.0. The lowest BCUT2D eigenvalue weighted by Gasteiger charge is -2.28. The summed E-state index contributed by atoms with van der Waals surface area (Å²) < 4.78 is 0. The maximum Gasteiger partial charge on any atom is 0.292 e. The van der Waals surface area contributed by atoms with Crippen LogP contribution in [0.2, 0.25) is 0 Å². The fourth-order valence-corrected chi connectivity index (χ4v) is 3.90. The molecule has 1 atom stereocenters. The quantitative estimate of drug-likeness (QED) is 0.579. The van der Waals surface area contributed by atoms with E-state index in [9.17, 15) is 5.11 Å². The normalized spacial score (nSPS) is 16.7. The van der Waals surface area contributed by atoms with Crippen LogP contribution in [0, 0.1) is 6.57 Å². The van der Waals surface area contributed by atoms with Gasteiger partial charge in [0.15, 0.2) is 0 Å². The van der Waals surface area contributed by atoms with Gasteiger partial charge in [0.2, 0.25) is 0 Å². The number of nitrogens with zero attached hydrogens (tertiary/aromatic N) is 4. The van der Waals surface area contributed by atoms with Gasteiger partial charge in [-0.1, -0.05) is 30.3 Å². The van der Waals surface area contributed by atoms with Crippen molar-refractivity contribution in [2.75, 3.05) is 19.6 Å². The number of piperazine rings is 1. The molecule has 158 valence electrons. The van der Waals surface area contributed by atoms with Gasteiger partial charge >= 0.3 is 0 Å². The average Bonchev–Trinajstić information content (AvgIpc) is 2.81. The maximum absolute atomic E-state index is 9.40. The molecule has 0 bridgehead atoms. The predicted octanol–water partition coefficient (Wildman–Crippen LogP) is 3.68. The number of nitrogens with one attached hydrogen (secondary N) is 1. The molecule has 0 spiro atoms. The lowest BCUT2D eigenvalue weighted by Crippen LogP contribution is -2.49. The molecule has 1 aliphatic heterocycles. The molecular weight excluding hydrogens is 386 g/mol. The van der Waals surface area contributed by atoms with E-state index < -0.39 is 0 Å². The Balaban J connectivity index is 1.40. The highest BCUT2D eigenvalue weighted by Crippen LogP contribution is 2.21. The summed E-state index contributed by atoms with van der Waals surface area (Å²) in [5.74, 6) is 1.14. The number of rotatable bonds is 7. The number of phenolic OH excluding ortho intramolecular Hbond substituents is 1. The van der Waals surface area contributed by atoms with Gasteiger partial charge in [-0.15, -0.1) is 0 Å². The first-order valence-electron chi connectivity index (χ1n) is 10.7. The number of aromatic nitrogens is 2. The fourth-order valence-electron chi connectivity index (χ4n) is 3.90. The molecule has 4 rings (SSSR count). The fraction of sp³-hybridized carbons (Fsp3) is 0.320. The molecule has 2 N–H and O–H groups in total. The summed E-state index contributed by atoms with van der Waals surface area (Å²) in [6.07, 6.45) is 4.42. The van der Waals surface area contributed by atoms with Crippen molar-refractivity contribution in [2.45, 2.75) is 32.0 Å². The number of hydrogen-bond donors (Lipinski definition) is 2. The zero-order chi connectivity index (χ0) is 21.5. The van der Waals surface area contributed by atoms with Crippen molar-refractivity contribution >= 4 is 0 Å². The molecule has 6 nitrogen and oxygen atoms in total. The standard InChI is InChI=1S/C25H27N5O/c1-26-25-17-27-14-15-30(25)18-20-5-2-6-21(16-20)23-12-13-28-24(29-23)7-3-4-19-8-10-22(31)11-9-19/h2,5-6,8-13,16,25,27,31H,3-4,7,14-15,17-18H2. The topological polar surface area (TPSA) is 65.6 Å². The number of hydrogen-bond acceptors (Lipinski definition) is 5. The molecule has 1 aliphatic rings. The third-order valence-electron chi connectivity index (χ3n) is 5.59. The van der Waals surface area contributed by atoms with Gasteiger partial charge in [0, 0.05) is 37.8 Å². The van der Waals surface area contributed by atoms with Gasteiger partial charge in [0.25, 0.3) is 6.17 Å². The van der Waals surface area contributed by atoms with Crippen LogP contribution in [0.1, 0.15) is 23.4 Å². The van der Waals surface area contributed by atoms with Crippen LogP contribution < -0.4 is 5.32 Å². The molecule has 6 heteroatoms. The first-order chi connectivity index (χ1) is 15.2. The molecule has 0 aliphatic carbocycles. The van der Waals surface area contributed by atoms with Gasteiger partial charge in [-0.05, 0) is 48.2 Å². The van der Waals surface area contributed by atoms with Crippen LogP contribution in [0.3, 0.4) is 0 Å². The van der Waals surface area contributed by atoms with Gasteiger partial charge in [0.1, 0.15) is 11.6 Å². The van der Waals surface area contributed by atoms with E-state index >= 15 is 0 Å². The SMILES string of the molecule is [C-]#[N+]C1CNCCN1Cc1cccc(-c2ccnc(CCCc3ccc(O)cc3)n2)c1. The van der Waals surface area contributed by atoms with Gasteiger partial charge in [-0.2, -0.15) is 0 Å². The van der Waals surface area contributed by atoms with Crippen LogP contribution in [-0.4, -0.2) is 45.8 Å². The lowest BCUT2D eigenvalue weighted by molar-refractivity contribution is 0.183. The van der Waals surface area contributed by atoms with Gasteiger partial charge in [0.05, 0.1) is 12.2 Å². The number of phenols is 1.